The fourth-order valence-corrected chi connectivity index (χ4v) is 2.15. The van der Waals surface area contributed by atoms with Gasteiger partial charge in [0.2, 0.25) is 0 Å². The highest BCUT2D eigenvalue weighted by Crippen LogP contribution is 2.18. The second-order valence-corrected chi connectivity index (χ2v) is 5.49. The molecule has 0 spiro atoms. The molecular formula is C12H26N2O. The van der Waals surface area contributed by atoms with Crippen LogP contribution < -0.4 is 0 Å². The molecule has 1 atom stereocenters. The molecule has 1 aliphatic rings. The lowest BCUT2D eigenvalue weighted by molar-refractivity contribution is 0.0171. The number of ether oxygens (including phenoxy) is 1. The summed E-state index contributed by atoms with van der Waals surface area (Å²) in [6, 6.07) is 0.646. The molecule has 0 bridgehead atoms. The molecule has 0 radical (unpaired) electrons. The SMILES string of the molecule is COCCN1CCN(C(C)(C)C)C[C@@H]1C. The van der Waals surface area contributed by atoms with Gasteiger partial charge < -0.3 is 4.74 Å². The zero-order valence-corrected chi connectivity index (χ0v) is 10.9. The molecule has 15 heavy (non-hydrogen) atoms. The number of hydrogen-bond donors (Lipinski definition) is 0. The molecule has 0 aromatic heterocycles. The van der Waals surface area contributed by atoms with E-state index in [4.69, 9.17) is 4.74 Å². The van der Waals surface area contributed by atoms with Gasteiger partial charge in [0.15, 0.2) is 0 Å². The first kappa shape index (κ1) is 12.9. The molecule has 90 valence electrons. The van der Waals surface area contributed by atoms with Crippen LogP contribution in [0.1, 0.15) is 27.7 Å². The van der Waals surface area contributed by atoms with Crippen molar-refractivity contribution in [3.8, 4) is 0 Å². The monoisotopic (exact) mass is 214 g/mol. The zero-order chi connectivity index (χ0) is 11.5. The summed E-state index contributed by atoms with van der Waals surface area (Å²) in [6.07, 6.45) is 0. The van der Waals surface area contributed by atoms with Crippen molar-refractivity contribution in [3.63, 3.8) is 0 Å². The van der Waals surface area contributed by atoms with E-state index < -0.39 is 0 Å². The van der Waals surface area contributed by atoms with Crippen molar-refractivity contribution in [2.45, 2.75) is 39.3 Å². The van der Waals surface area contributed by atoms with Crippen molar-refractivity contribution in [1.82, 2.24) is 9.80 Å². The molecule has 3 heteroatoms. The van der Waals surface area contributed by atoms with Gasteiger partial charge in [-0.2, -0.15) is 0 Å². The molecule has 0 aromatic carbocycles. The van der Waals surface area contributed by atoms with Crippen molar-refractivity contribution in [2.75, 3.05) is 39.9 Å². The van der Waals surface area contributed by atoms with E-state index >= 15 is 0 Å². The lowest BCUT2D eigenvalue weighted by Crippen LogP contribution is -2.57. The topological polar surface area (TPSA) is 15.7 Å². The van der Waals surface area contributed by atoms with Gasteiger partial charge in [-0.25, -0.2) is 0 Å². The van der Waals surface area contributed by atoms with Crippen LogP contribution in [0.25, 0.3) is 0 Å². The Morgan fingerprint density at radius 1 is 1.27 bits per heavy atom. The number of methoxy groups -OCH3 is 1. The smallest absolute Gasteiger partial charge is 0.0589 e. The van der Waals surface area contributed by atoms with Gasteiger partial charge in [0.1, 0.15) is 0 Å². The Morgan fingerprint density at radius 3 is 2.40 bits per heavy atom. The van der Waals surface area contributed by atoms with Crippen LogP contribution in [0, 0.1) is 0 Å². The van der Waals surface area contributed by atoms with Crippen LogP contribution in [0.4, 0.5) is 0 Å². The standard InChI is InChI=1S/C12H26N2O/c1-11-10-14(12(2,3)4)7-6-13(11)8-9-15-5/h11H,6-10H2,1-5H3/t11-/m0/s1. The summed E-state index contributed by atoms with van der Waals surface area (Å²) < 4.78 is 5.13. The first-order valence-electron chi connectivity index (χ1n) is 5.93. The Kier molecular flexibility index (Phi) is 4.56. The van der Waals surface area contributed by atoms with Crippen molar-refractivity contribution < 1.29 is 4.74 Å². The van der Waals surface area contributed by atoms with E-state index in [1.807, 2.05) is 0 Å². The van der Waals surface area contributed by atoms with E-state index in [2.05, 4.69) is 37.5 Å². The van der Waals surface area contributed by atoms with Crippen molar-refractivity contribution >= 4 is 0 Å². The first-order valence-corrected chi connectivity index (χ1v) is 5.93. The van der Waals surface area contributed by atoms with Gasteiger partial charge in [-0.05, 0) is 27.7 Å². The Morgan fingerprint density at radius 2 is 1.93 bits per heavy atom. The fourth-order valence-electron chi connectivity index (χ4n) is 2.15. The summed E-state index contributed by atoms with van der Waals surface area (Å²) in [5.41, 5.74) is 0.307. The van der Waals surface area contributed by atoms with Crippen LogP contribution in [0.15, 0.2) is 0 Å². The average molecular weight is 214 g/mol. The van der Waals surface area contributed by atoms with Crippen LogP contribution in [0.3, 0.4) is 0 Å². The molecule has 1 rings (SSSR count). The van der Waals surface area contributed by atoms with E-state index in [0.717, 1.165) is 13.2 Å². The Labute approximate surface area is 94.4 Å². The molecule has 1 saturated heterocycles. The average Bonchev–Trinajstić information content (AvgIpc) is 2.14. The maximum absolute atomic E-state index is 5.13. The molecule has 0 aliphatic carbocycles. The Hall–Kier alpha value is -0.120. The highest BCUT2D eigenvalue weighted by Gasteiger charge is 2.29. The summed E-state index contributed by atoms with van der Waals surface area (Å²) in [5, 5.41) is 0. The van der Waals surface area contributed by atoms with Gasteiger partial charge in [0, 0.05) is 44.9 Å². The van der Waals surface area contributed by atoms with E-state index in [0.29, 0.717) is 11.6 Å². The summed E-state index contributed by atoms with van der Waals surface area (Å²) in [6.45, 7) is 14.6. The number of piperazine rings is 1. The minimum absolute atomic E-state index is 0.307. The summed E-state index contributed by atoms with van der Waals surface area (Å²) in [7, 11) is 1.77. The van der Waals surface area contributed by atoms with Crippen LogP contribution in [0.2, 0.25) is 0 Å². The largest absolute Gasteiger partial charge is 0.383 e. The molecule has 0 N–H and O–H groups in total. The van der Waals surface area contributed by atoms with E-state index in [9.17, 15) is 0 Å². The second-order valence-electron chi connectivity index (χ2n) is 5.49. The lowest BCUT2D eigenvalue weighted by Gasteiger charge is -2.45. The van der Waals surface area contributed by atoms with Crippen LogP contribution in [-0.4, -0.2) is 61.3 Å². The van der Waals surface area contributed by atoms with Gasteiger partial charge in [-0.1, -0.05) is 0 Å². The van der Waals surface area contributed by atoms with Gasteiger partial charge >= 0.3 is 0 Å². The molecule has 1 heterocycles. The molecule has 0 aromatic rings. The zero-order valence-electron chi connectivity index (χ0n) is 10.9. The van der Waals surface area contributed by atoms with Crippen molar-refractivity contribution in [1.29, 1.82) is 0 Å². The quantitative estimate of drug-likeness (QED) is 0.707. The van der Waals surface area contributed by atoms with Gasteiger partial charge in [0.25, 0.3) is 0 Å². The molecule has 0 saturated carbocycles. The number of hydrogen-bond acceptors (Lipinski definition) is 3. The molecule has 0 amide bonds. The second kappa shape index (κ2) is 5.28. The molecule has 3 nitrogen and oxygen atoms in total. The van der Waals surface area contributed by atoms with Crippen LogP contribution >= 0.6 is 0 Å². The van der Waals surface area contributed by atoms with E-state index in [-0.39, 0.29) is 0 Å². The minimum atomic E-state index is 0.307. The fraction of sp³-hybridized carbons (Fsp3) is 1.00. The third kappa shape index (κ3) is 3.74. The van der Waals surface area contributed by atoms with Crippen molar-refractivity contribution in [3.05, 3.63) is 0 Å². The molecule has 0 unspecified atom stereocenters. The summed E-state index contributed by atoms with van der Waals surface area (Å²) >= 11 is 0. The van der Waals surface area contributed by atoms with Gasteiger partial charge in [-0.15, -0.1) is 0 Å². The third-order valence-electron chi connectivity index (χ3n) is 3.30. The Balaban J connectivity index is 2.41. The maximum Gasteiger partial charge on any atom is 0.0589 e. The first-order chi connectivity index (χ1) is 6.95. The number of nitrogens with zero attached hydrogens (tertiary/aromatic N) is 2. The highest BCUT2D eigenvalue weighted by atomic mass is 16.5. The molecular weight excluding hydrogens is 188 g/mol. The Bertz CT molecular complexity index is 189. The molecule has 1 aliphatic heterocycles. The lowest BCUT2D eigenvalue weighted by atomic mass is 10.0. The van der Waals surface area contributed by atoms with Gasteiger partial charge in [0.05, 0.1) is 6.61 Å². The maximum atomic E-state index is 5.13. The van der Waals surface area contributed by atoms with Crippen molar-refractivity contribution in [2.24, 2.45) is 0 Å². The van der Waals surface area contributed by atoms with E-state index in [1.165, 1.54) is 19.6 Å². The number of rotatable bonds is 3. The van der Waals surface area contributed by atoms with Gasteiger partial charge in [-0.3, -0.25) is 9.80 Å². The van der Waals surface area contributed by atoms with Crippen LogP contribution in [-0.2, 0) is 4.74 Å². The summed E-state index contributed by atoms with van der Waals surface area (Å²) in [4.78, 5) is 5.09. The predicted molar refractivity (Wildman–Crippen MR) is 64.2 cm³/mol. The van der Waals surface area contributed by atoms with Crippen LogP contribution in [0.5, 0.6) is 0 Å². The van der Waals surface area contributed by atoms with E-state index in [1.54, 1.807) is 7.11 Å². The minimum Gasteiger partial charge on any atom is -0.383 e. The molecule has 1 fully saturated rings. The summed E-state index contributed by atoms with van der Waals surface area (Å²) in [5.74, 6) is 0. The predicted octanol–water partition coefficient (Wildman–Crippen LogP) is 1.44. The normalized spacial score (nSPS) is 25.8. The third-order valence-corrected chi connectivity index (χ3v) is 3.30. The highest BCUT2D eigenvalue weighted by molar-refractivity contribution is 4.85.